The Bertz CT molecular complexity index is 474. The van der Waals surface area contributed by atoms with Crippen LogP contribution in [0.2, 0.25) is 0 Å². The Morgan fingerprint density at radius 3 is 2.85 bits per heavy atom. The quantitative estimate of drug-likeness (QED) is 0.436. The Morgan fingerprint density at radius 1 is 1.38 bits per heavy atom. The van der Waals surface area contributed by atoms with E-state index in [1.807, 2.05) is 0 Å². The topological polar surface area (TPSA) is 97.8 Å². The Morgan fingerprint density at radius 2 is 2.15 bits per heavy atom. The van der Waals surface area contributed by atoms with Crippen molar-refractivity contribution in [3.63, 3.8) is 0 Å². The van der Waals surface area contributed by atoms with Crippen LogP contribution in [0.15, 0.2) is 12.1 Å². The molecule has 0 bridgehead atoms. The molecule has 0 aliphatic rings. The van der Waals surface area contributed by atoms with Crippen molar-refractivity contribution in [1.29, 1.82) is 0 Å². The Labute approximate surface area is 73.7 Å². The first kappa shape index (κ1) is 7.60. The molecule has 66 valence electrons. The maximum absolute atomic E-state index is 10.5. The van der Waals surface area contributed by atoms with Gasteiger partial charge in [0.15, 0.2) is 12.2 Å². The summed E-state index contributed by atoms with van der Waals surface area (Å²) in [4.78, 5) is 17.3. The fourth-order valence-electron chi connectivity index (χ4n) is 1.23. The second-order valence-corrected chi connectivity index (χ2v) is 2.70. The van der Waals surface area contributed by atoms with Gasteiger partial charge in [-0.1, -0.05) is 0 Å². The smallest absolute Gasteiger partial charge is 0.198 e. The van der Waals surface area contributed by atoms with Crippen molar-refractivity contribution in [2.45, 2.75) is 0 Å². The molecule has 0 radical (unpaired) electrons. The zero-order chi connectivity index (χ0) is 9.42. The lowest BCUT2D eigenvalue weighted by Crippen LogP contribution is -1.93. The van der Waals surface area contributed by atoms with Gasteiger partial charge in [-0.25, -0.2) is 4.98 Å². The van der Waals surface area contributed by atoms with Gasteiger partial charge < -0.3 is 16.5 Å². The third-order valence-corrected chi connectivity index (χ3v) is 1.87. The summed E-state index contributed by atoms with van der Waals surface area (Å²) in [5.41, 5.74) is 13.2. The van der Waals surface area contributed by atoms with Gasteiger partial charge in [-0.2, -0.15) is 0 Å². The number of hydrogen-bond acceptors (Lipinski definition) is 4. The molecule has 0 saturated carbocycles. The van der Waals surface area contributed by atoms with Crippen molar-refractivity contribution < 1.29 is 4.79 Å². The minimum atomic E-state index is 0.296. The number of benzene rings is 1. The largest absolute Gasteiger partial charge is 0.396 e. The number of H-pyrrole nitrogens is 1. The number of imidazole rings is 1. The number of nitrogens with zero attached hydrogens (tertiary/aromatic N) is 1. The lowest BCUT2D eigenvalue weighted by atomic mass is 10.2. The molecule has 13 heavy (non-hydrogen) atoms. The Balaban J connectivity index is 2.85. The van der Waals surface area contributed by atoms with Crippen LogP contribution in [0.4, 0.5) is 11.6 Å². The van der Waals surface area contributed by atoms with Crippen LogP contribution in [0, 0.1) is 0 Å². The second kappa shape index (κ2) is 2.48. The first-order chi connectivity index (χ1) is 6.22. The molecule has 0 unspecified atom stereocenters. The number of aldehydes is 1. The highest BCUT2D eigenvalue weighted by Gasteiger charge is 2.06. The lowest BCUT2D eigenvalue weighted by Gasteiger charge is -1.97. The predicted octanol–water partition coefficient (Wildman–Crippen LogP) is 0.540. The van der Waals surface area contributed by atoms with Crippen molar-refractivity contribution in [2.24, 2.45) is 0 Å². The van der Waals surface area contributed by atoms with Gasteiger partial charge in [0, 0.05) is 5.56 Å². The third kappa shape index (κ3) is 1.01. The average molecular weight is 176 g/mol. The molecule has 0 fully saturated rings. The lowest BCUT2D eigenvalue weighted by molar-refractivity contribution is 0.112. The standard InChI is InChI=1S/C8H8N4O/c9-6-4(3-13)1-2-5-7(6)12-8(10)11-5/h1-3H,9H2,(H3,10,11,12). The van der Waals surface area contributed by atoms with Gasteiger partial charge in [-0.3, -0.25) is 4.79 Å². The Hall–Kier alpha value is -2.04. The summed E-state index contributed by atoms with van der Waals surface area (Å²) in [5, 5.41) is 0. The zero-order valence-corrected chi connectivity index (χ0v) is 6.74. The van der Waals surface area contributed by atoms with Crippen LogP contribution in [0.3, 0.4) is 0 Å². The number of carbonyl (C=O) groups excluding carboxylic acids is 1. The number of aromatic nitrogens is 2. The van der Waals surface area contributed by atoms with Gasteiger partial charge in [-0.05, 0) is 12.1 Å². The molecule has 0 aliphatic carbocycles. The maximum Gasteiger partial charge on any atom is 0.198 e. The summed E-state index contributed by atoms with van der Waals surface area (Å²) in [6.07, 6.45) is 0.694. The van der Waals surface area contributed by atoms with Crippen LogP contribution >= 0.6 is 0 Å². The first-order valence-corrected chi connectivity index (χ1v) is 3.71. The van der Waals surface area contributed by atoms with Gasteiger partial charge >= 0.3 is 0 Å². The molecule has 2 rings (SSSR count). The highest BCUT2D eigenvalue weighted by molar-refractivity contribution is 5.98. The molecule has 0 spiro atoms. The molecular formula is C8H8N4O. The van der Waals surface area contributed by atoms with Crippen molar-refractivity contribution in [3.8, 4) is 0 Å². The van der Waals surface area contributed by atoms with E-state index in [1.165, 1.54) is 0 Å². The monoisotopic (exact) mass is 176 g/mol. The number of carbonyl (C=O) groups is 1. The summed E-state index contributed by atoms with van der Waals surface area (Å²) in [7, 11) is 0. The summed E-state index contributed by atoms with van der Waals surface area (Å²) < 4.78 is 0. The molecule has 5 N–H and O–H groups in total. The van der Waals surface area contributed by atoms with Crippen molar-refractivity contribution in [1.82, 2.24) is 9.97 Å². The normalized spacial score (nSPS) is 10.5. The molecule has 0 atom stereocenters. The highest BCUT2D eigenvalue weighted by Crippen LogP contribution is 2.22. The van der Waals surface area contributed by atoms with Crippen LogP contribution in [0.25, 0.3) is 11.0 Å². The molecule has 2 aromatic rings. The number of anilines is 2. The second-order valence-electron chi connectivity index (χ2n) is 2.70. The van der Waals surface area contributed by atoms with Gasteiger partial charge in [-0.15, -0.1) is 0 Å². The van der Waals surface area contributed by atoms with E-state index in [-0.39, 0.29) is 0 Å². The van der Waals surface area contributed by atoms with Crippen molar-refractivity contribution >= 4 is 29.0 Å². The van der Waals surface area contributed by atoms with Crippen LogP contribution in [0.5, 0.6) is 0 Å². The average Bonchev–Trinajstić information content (AvgIpc) is 2.47. The van der Waals surface area contributed by atoms with E-state index < -0.39 is 0 Å². The molecule has 1 heterocycles. The van der Waals surface area contributed by atoms with E-state index in [0.29, 0.717) is 29.0 Å². The van der Waals surface area contributed by atoms with Gasteiger partial charge in [0.25, 0.3) is 0 Å². The number of aromatic amines is 1. The van der Waals surface area contributed by atoms with Crippen molar-refractivity contribution in [3.05, 3.63) is 17.7 Å². The fraction of sp³-hybridized carbons (Fsp3) is 0. The molecule has 1 aromatic heterocycles. The molecule has 5 nitrogen and oxygen atoms in total. The number of fused-ring (bicyclic) bond motifs is 1. The summed E-state index contributed by atoms with van der Waals surface area (Å²) in [6.45, 7) is 0. The van der Waals surface area contributed by atoms with E-state index in [1.54, 1.807) is 12.1 Å². The molecule has 5 heteroatoms. The maximum atomic E-state index is 10.5. The van der Waals surface area contributed by atoms with E-state index in [4.69, 9.17) is 11.5 Å². The number of hydrogen-bond donors (Lipinski definition) is 3. The molecule has 0 saturated heterocycles. The number of nitrogen functional groups attached to an aromatic ring is 2. The minimum Gasteiger partial charge on any atom is -0.396 e. The molecular weight excluding hydrogens is 168 g/mol. The van der Waals surface area contributed by atoms with Crippen LogP contribution in [0.1, 0.15) is 10.4 Å². The van der Waals surface area contributed by atoms with E-state index in [9.17, 15) is 4.79 Å². The predicted molar refractivity (Wildman–Crippen MR) is 50.3 cm³/mol. The minimum absolute atomic E-state index is 0.296. The van der Waals surface area contributed by atoms with E-state index in [0.717, 1.165) is 5.52 Å². The zero-order valence-electron chi connectivity index (χ0n) is 6.74. The summed E-state index contributed by atoms with van der Waals surface area (Å²) in [6, 6.07) is 3.35. The Kier molecular flexibility index (Phi) is 1.45. The summed E-state index contributed by atoms with van der Waals surface area (Å²) in [5.74, 6) is 0.296. The first-order valence-electron chi connectivity index (χ1n) is 3.71. The van der Waals surface area contributed by atoms with Crippen LogP contribution in [-0.4, -0.2) is 16.3 Å². The van der Waals surface area contributed by atoms with Crippen LogP contribution in [-0.2, 0) is 0 Å². The summed E-state index contributed by atoms with van der Waals surface area (Å²) >= 11 is 0. The van der Waals surface area contributed by atoms with Crippen LogP contribution < -0.4 is 11.5 Å². The number of nitrogens with one attached hydrogen (secondary N) is 1. The fourth-order valence-corrected chi connectivity index (χ4v) is 1.23. The van der Waals surface area contributed by atoms with Crippen molar-refractivity contribution in [2.75, 3.05) is 11.5 Å². The molecule has 1 aromatic carbocycles. The SMILES string of the molecule is Nc1nc2c(N)c(C=O)ccc2[nH]1. The van der Waals surface area contributed by atoms with Gasteiger partial charge in [0.2, 0.25) is 0 Å². The molecule has 0 aliphatic heterocycles. The number of rotatable bonds is 1. The van der Waals surface area contributed by atoms with E-state index >= 15 is 0 Å². The van der Waals surface area contributed by atoms with E-state index in [2.05, 4.69) is 9.97 Å². The van der Waals surface area contributed by atoms with Gasteiger partial charge in [0.1, 0.15) is 5.52 Å². The third-order valence-electron chi connectivity index (χ3n) is 1.87. The molecule has 0 amide bonds. The number of nitrogens with two attached hydrogens (primary N) is 2. The van der Waals surface area contributed by atoms with Gasteiger partial charge in [0.05, 0.1) is 11.2 Å². The highest BCUT2D eigenvalue weighted by atomic mass is 16.1.